The topological polar surface area (TPSA) is 61.6 Å². The van der Waals surface area contributed by atoms with Gasteiger partial charge in [-0.05, 0) is 50.4 Å². The second kappa shape index (κ2) is 4.25. The first kappa shape index (κ1) is 11.5. The van der Waals surface area contributed by atoms with E-state index in [1.165, 1.54) is 6.42 Å². The Morgan fingerprint density at radius 2 is 2.24 bits per heavy atom. The van der Waals surface area contributed by atoms with E-state index >= 15 is 0 Å². The zero-order valence-corrected chi connectivity index (χ0v) is 10.2. The van der Waals surface area contributed by atoms with Crippen molar-refractivity contribution in [3.63, 3.8) is 0 Å². The summed E-state index contributed by atoms with van der Waals surface area (Å²) in [6.07, 6.45) is 6.33. The molecule has 2 bridgehead atoms. The Morgan fingerprint density at radius 1 is 1.41 bits per heavy atom. The summed E-state index contributed by atoms with van der Waals surface area (Å²) in [5.74, 6) is 0.920. The average Bonchev–Trinajstić information content (AvgIpc) is 2.82. The fourth-order valence-corrected chi connectivity index (χ4v) is 3.79. The lowest BCUT2D eigenvalue weighted by Crippen LogP contribution is -2.46. The Hall–Kier alpha value is -0.610. The van der Waals surface area contributed by atoms with Gasteiger partial charge in [-0.1, -0.05) is 0 Å². The number of primary amides is 1. The SMILES string of the molecule is NC(=O)C12CC(CC1COC1CCCCO1)C2. The predicted octanol–water partition coefficient (Wildman–Crippen LogP) is 1.43. The van der Waals surface area contributed by atoms with E-state index in [0.29, 0.717) is 18.4 Å². The molecule has 2 unspecified atom stereocenters. The van der Waals surface area contributed by atoms with Gasteiger partial charge in [-0.15, -0.1) is 0 Å². The normalized spacial score (nSPS) is 44.4. The number of rotatable bonds is 4. The molecule has 96 valence electrons. The number of hydrogen-bond acceptors (Lipinski definition) is 3. The van der Waals surface area contributed by atoms with E-state index in [1.54, 1.807) is 0 Å². The lowest BCUT2D eigenvalue weighted by Gasteiger charge is -2.38. The highest BCUT2D eigenvalue weighted by molar-refractivity contribution is 5.83. The van der Waals surface area contributed by atoms with E-state index in [9.17, 15) is 4.79 Å². The molecule has 1 heterocycles. The van der Waals surface area contributed by atoms with Crippen molar-refractivity contribution in [3.8, 4) is 0 Å². The summed E-state index contributed by atoms with van der Waals surface area (Å²) in [5.41, 5.74) is 5.31. The van der Waals surface area contributed by atoms with E-state index < -0.39 is 0 Å². The van der Waals surface area contributed by atoms with Crippen LogP contribution >= 0.6 is 0 Å². The summed E-state index contributed by atoms with van der Waals surface area (Å²) in [6.45, 7) is 1.45. The molecule has 17 heavy (non-hydrogen) atoms. The molecule has 0 aromatic heterocycles. The minimum atomic E-state index is -0.237. The molecule has 4 fully saturated rings. The zero-order valence-electron chi connectivity index (χ0n) is 10.2. The van der Waals surface area contributed by atoms with Crippen LogP contribution < -0.4 is 5.73 Å². The van der Waals surface area contributed by atoms with Crippen molar-refractivity contribution in [1.82, 2.24) is 0 Å². The molecule has 3 aliphatic carbocycles. The van der Waals surface area contributed by atoms with E-state index in [0.717, 1.165) is 38.7 Å². The fraction of sp³-hybridized carbons (Fsp3) is 0.923. The molecule has 2 atom stereocenters. The van der Waals surface area contributed by atoms with Crippen LogP contribution in [0.1, 0.15) is 38.5 Å². The van der Waals surface area contributed by atoms with Gasteiger partial charge in [0.1, 0.15) is 0 Å². The van der Waals surface area contributed by atoms with Crippen molar-refractivity contribution in [2.75, 3.05) is 13.2 Å². The monoisotopic (exact) mass is 239 g/mol. The highest BCUT2D eigenvalue weighted by Crippen LogP contribution is 2.62. The summed E-state index contributed by atoms with van der Waals surface area (Å²) in [7, 11) is 0. The maximum Gasteiger partial charge on any atom is 0.224 e. The molecular weight excluding hydrogens is 218 g/mol. The third-order valence-corrected chi connectivity index (χ3v) is 4.82. The lowest BCUT2D eigenvalue weighted by atomic mass is 9.66. The highest BCUT2D eigenvalue weighted by Gasteiger charge is 2.60. The van der Waals surface area contributed by atoms with E-state index in [4.69, 9.17) is 15.2 Å². The Labute approximate surface area is 102 Å². The summed E-state index contributed by atoms with van der Waals surface area (Å²) in [4.78, 5) is 11.6. The van der Waals surface area contributed by atoms with Crippen molar-refractivity contribution in [2.24, 2.45) is 23.0 Å². The standard InChI is InChI=1S/C13H21NO3/c14-12(15)13-6-9(7-13)5-10(13)8-17-11-3-1-2-4-16-11/h9-11H,1-8H2,(H2,14,15). The number of hydrogen-bond donors (Lipinski definition) is 1. The lowest BCUT2D eigenvalue weighted by molar-refractivity contribution is -0.175. The minimum Gasteiger partial charge on any atom is -0.369 e. The van der Waals surface area contributed by atoms with E-state index in [-0.39, 0.29) is 17.6 Å². The predicted molar refractivity (Wildman–Crippen MR) is 62.0 cm³/mol. The first-order valence-electron chi connectivity index (χ1n) is 6.74. The minimum absolute atomic E-state index is 0.0496. The Morgan fingerprint density at radius 3 is 2.88 bits per heavy atom. The van der Waals surface area contributed by atoms with Crippen LogP contribution in [0, 0.1) is 17.3 Å². The van der Waals surface area contributed by atoms with Crippen molar-refractivity contribution >= 4 is 5.91 Å². The van der Waals surface area contributed by atoms with Crippen molar-refractivity contribution in [1.29, 1.82) is 0 Å². The molecule has 4 heteroatoms. The summed E-state index contributed by atoms with van der Waals surface area (Å²) >= 11 is 0. The van der Waals surface area contributed by atoms with Gasteiger partial charge in [0, 0.05) is 6.61 Å². The molecule has 4 nitrogen and oxygen atoms in total. The number of carbonyl (C=O) groups excluding carboxylic acids is 1. The first-order chi connectivity index (χ1) is 8.21. The van der Waals surface area contributed by atoms with Gasteiger partial charge in [0.05, 0.1) is 12.0 Å². The smallest absolute Gasteiger partial charge is 0.224 e. The third-order valence-electron chi connectivity index (χ3n) is 4.82. The molecule has 0 aromatic carbocycles. The van der Waals surface area contributed by atoms with Gasteiger partial charge < -0.3 is 15.2 Å². The molecule has 0 spiro atoms. The van der Waals surface area contributed by atoms with Gasteiger partial charge in [0.25, 0.3) is 0 Å². The first-order valence-corrected chi connectivity index (χ1v) is 6.74. The van der Waals surface area contributed by atoms with Crippen LogP contribution in [0.4, 0.5) is 0 Å². The second-order valence-corrected chi connectivity index (χ2v) is 5.86. The summed E-state index contributed by atoms with van der Waals surface area (Å²) < 4.78 is 11.4. The van der Waals surface area contributed by atoms with Crippen molar-refractivity contribution < 1.29 is 14.3 Å². The van der Waals surface area contributed by atoms with Crippen LogP contribution in [0.25, 0.3) is 0 Å². The Balaban J connectivity index is 1.53. The Bertz CT molecular complexity index is 306. The number of ether oxygens (including phenoxy) is 2. The van der Waals surface area contributed by atoms with Gasteiger partial charge in [0.15, 0.2) is 6.29 Å². The maximum absolute atomic E-state index is 11.6. The van der Waals surface area contributed by atoms with Crippen LogP contribution in [0.3, 0.4) is 0 Å². The van der Waals surface area contributed by atoms with Crippen molar-refractivity contribution in [3.05, 3.63) is 0 Å². The van der Waals surface area contributed by atoms with Crippen LogP contribution in [-0.2, 0) is 14.3 Å². The van der Waals surface area contributed by atoms with Crippen LogP contribution in [0.5, 0.6) is 0 Å². The zero-order chi connectivity index (χ0) is 11.9. The third kappa shape index (κ3) is 1.87. The molecule has 1 amide bonds. The number of fused-ring (bicyclic) bond motifs is 1. The van der Waals surface area contributed by atoms with E-state index in [2.05, 4.69) is 0 Å². The van der Waals surface area contributed by atoms with Gasteiger partial charge in [-0.25, -0.2) is 0 Å². The number of amides is 1. The largest absolute Gasteiger partial charge is 0.369 e. The number of carbonyl (C=O) groups is 1. The maximum atomic E-state index is 11.6. The summed E-state index contributed by atoms with van der Waals surface area (Å²) in [6, 6.07) is 0. The molecule has 4 aliphatic rings. The quantitative estimate of drug-likeness (QED) is 0.807. The molecular formula is C13H21NO3. The molecule has 1 saturated heterocycles. The van der Waals surface area contributed by atoms with Crippen LogP contribution in [0.15, 0.2) is 0 Å². The van der Waals surface area contributed by atoms with Crippen LogP contribution in [0.2, 0.25) is 0 Å². The molecule has 4 rings (SSSR count). The van der Waals surface area contributed by atoms with Crippen LogP contribution in [-0.4, -0.2) is 25.4 Å². The molecule has 2 N–H and O–H groups in total. The van der Waals surface area contributed by atoms with Gasteiger partial charge in [-0.3, -0.25) is 4.79 Å². The molecule has 3 saturated carbocycles. The molecule has 0 aromatic rings. The number of nitrogens with two attached hydrogens (primary N) is 1. The summed E-state index contributed by atoms with van der Waals surface area (Å²) in [5, 5.41) is 0. The molecule has 1 aliphatic heterocycles. The van der Waals surface area contributed by atoms with Gasteiger partial charge in [0.2, 0.25) is 5.91 Å². The molecule has 0 radical (unpaired) electrons. The second-order valence-electron chi connectivity index (χ2n) is 5.86. The highest BCUT2D eigenvalue weighted by atomic mass is 16.7. The Kier molecular flexibility index (Phi) is 2.87. The fourth-order valence-electron chi connectivity index (χ4n) is 3.79. The van der Waals surface area contributed by atoms with E-state index in [1.807, 2.05) is 0 Å². The van der Waals surface area contributed by atoms with Crippen molar-refractivity contribution in [2.45, 2.75) is 44.8 Å². The van der Waals surface area contributed by atoms with Gasteiger partial charge >= 0.3 is 0 Å². The van der Waals surface area contributed by atoms with Gasteiger partial charge in [-0.2, -0.15) is 0 Å². The average molecular weight is 239 g/mol.